The fourth-order valence-corrected chi connectivity index (χ4v) is 3.76. The molecule has 3 rings (SSSR count). The van der Waals surface area contributed by atoms with Gasteiger partial charge in [-0.15, -0.1) is 0 Å². The van der Waals surface area contributed by atoms with Crippen molar-refractivity contribution in [3.8, 4) is 0 Å². The van der Waals surface area contributed by atoms with Gasteiger partial charge in [-0.3, -0.25) is 4.79 Å². The third-order valence-corrected chi connectivity index (χ3v) is 5.15. The highest BCUT2D eigenvalue weighted by Gasteiger charge is 2.24. The van der Waals surface area contributed by atoms with Crippen molar-refractivity contribution >= 4 is 18.1 Å². The fourth-order valence-electron chi connectivity index (χ4n) is 3.76. The second-order valence-corrected chi connectivity index (χ2v) is 7.40. The monoisotopic (exact) mass is 359 g/mol. The molecule has 1 aliphatic carbocycles. The molecule has 2 heteroatoms. The van der Waals surface area contributed by atoms with Crippen molar-refractivity contribution in [2.75, 3.05) is 6.54 Å². The van der Waals surface area contributed by atoms with Crippen molar-refractivity contribution in [3.63, 3.8) is 0 Å². The van der Waals surface area contributed by atoms with Crippen molar-refractivity contribution in [3.05, 3.63) is 83.4 Å². The minimum absolute atomic E-state index is 0.117. The summed E-state index contributed by atoms with van der Waals surface area (Å²) in [7, 11) is 0. The number of hydrogen-bond acceptors (Lipinski definition) is 1. The summed E-state index contributed by atoms with van der Waals surface area (Å²) in [6.07, 6.45) is 11.8. The van der Waals surface area contributed by atoms with E-state index < -0.39 is 0 Å². The first-order valence-corrected chi connectivity index (χ1v) is 9.98. The van der Waals surface area contributed by atoms with Gasteiger partial charge in [0.2, 0.25) is 5.91 Å². The molecule has 1 saturated carbocycles. The number of benzene rings is 2. The number of amides is 1. The van der Waals surface area contributed by atoms with Crippen LogP contribution in [0.25, 0.3) is 12.2 Å². The van der Waals surface area contributed by atoms with E-state index in [0.717, 1.165) is 18.4 Å². The van der Waals surface area contributed by atoms with Gasteiger partial charge in [-0.1, -0.05) is 91.6 Å². The number of carbonyl (C=O) groups is 1. The topological polar surface area (TPSA) is 20.3 Å². The molecule has 0 aromatic heterocycles. The maximum Gasteiger partial charge on any atom is 0.247 e. The van der Waals surface area contributed by atoms with Crippen molar-refractivity contribution in [2.45, 2.75) is 45.1 Å². The third-order valence-electron chi connectivity index (χ3n) is 5.15. The van der Waals surface area contributed by atoms with E-state index in [2.05, 4.69) is 30.0 Å². The van der Waals surface area contributed by atoms with Crippen LogP contribution in [0.4, 0.5) is 0 Å². The summed E-state index contributed by atoms with van der Waals surface area (Å²) < 4.78 is 0. The van der Waals surface area contributed by atoms with Crippen LogP contribution in [0.3, 0.4) is 0 Å². The number of carbonyl (C=O) groups excluding carboxylic acids is 1. The Balaban J connectivity index is 1.75. The van der Waals surface area contributed by atoms with Crippen LogP contribution < -0.4 is 0 Å². The Morgan fingerprint density at radius 2 is 1.52 bits per heavy atom. The Morgan fingerprint density at radius 1 is 0.926 bits per heavy atom. The molecule has 2 aromatic carbocycles. The molecular formula is C25H29NO. The average Bonchev–Trinajstić information content (AvgIpc) is 2.72. The zero-order valence-corrected chi connectivity index (χ0v) is 16.2. The Bertz CT molecular complexity index is 770. The van der Waals surface area contributed by atoms with Gasteiger partial charge in [-0.05, 0) is 37.0 Å². The summed E-state index contributed by atoms with van der Waals surface area (Å²) >= 11 is 0. The molecule has 0 aliphatic heterocycles. The molecule has 0 unspecified atom stereocenters. The van der Waals surface area contributed by atoms with Crippen molar-refractivity contribution in [2.24, 2.45) is 0 Å². The lowest BCUT2D eigenvalue weighted by Crippen LogP contribution is -2.41. The average molecular weight is 360 g/mol. The lowest BCUT2D eigenvalue weighted by molar-refractivity contribution is -0.128. The van der Waals surface area contributed by atoms with E-state index >= 15 is 0 Å². The second-order valence-electron chi connectivity index (χ2n) is 7.40. The van der Waals surface area contributed by atoms with E-state index in [1.54, 1.807) is 6.08 Å². The summed E-state index contributed by atoms with van der Waals surface area (Å²) in [6.45, 7) is 2.81. The van der Waals surface area contributed by atoms with E-state index in [1.807, 2.05) is 54.6 Å². The summed E-state index contributed by atoms with van der Waals surface area (Å²) in [6, 6.07) is 20.7. The van der Waals surface area contributed by atoms with Gasteiger partial charge >= 0.3 is 0 Å². The first kappa shape index (κ1) is 19.2. The van der Waals surface area contributed by atoms with Gasteiger partial charge in [-0.2, -0.15) is 0 Å². The highest BCUT2D eigenvalue weighted by atomic mass is 16.2. The van der Waals surface area contributed by atoms with Crippen LogP contribution >= 0.6 is 0 Å². The van der Waals surface area contributed by atoms with Gasteiger partial charge in [0.15, 0.2) is 0 Å². The molecule has 27 heavy (non-hydrogen) atoms. The molecule has 1 amide bonds. The zero-order chi connectivity index (χ0) is 18.9. The predicted molar refractivity (Wildman–Crippen MR) is 114 cm³/mol. The molecule has 0 spiro atoms. The second kappa shape index (κ2) is 9.91. The molecule has 2 nitrogen and oxygen atoms in total. The lowest BCUT2D eigenvalue weighted by atomic mass is 9.93. The molecule has 1 aliphatic rings. The quantitative estimate of drug-likeness (QED) is 0.582. The first-order valence-electron chi connectivity index (χ1n) is 9.98. The Kier molecular flexibility index (Phi) is 7.04. The highest BCUT2D eigenvalue weighted by molar-refractivity contribution is 5.92. The molecule has 140 valence electrons. The van der Waals surface area contributed by atoms with Gasteiger partial charge in [-0.25, -0.2) is 0 Å². The predicted octanol–water partition coefficient (Wildman–Crippen LogP) is 5.96. The summed E-state index contributed by atoms with van der Waals surface area (Å²) in [5, 5.41) is 0. The molecule has 0 heterocycles. The van der Waals surface area contributed by atoms with E-state index in [1.165, 1.54) is 30.4 Å². The van der Waals surface area contributed by atoms with Crippen LogP contribution in [0.2, 0.25) is 0 Å². The van der Waals surface area contributed by atoms with Crippen molar-refractivity contribution < 1.29 is 4.79 Å². The zero-order valence-electron chi connectivity index (χ0n) is 16.2. The van der Waals surface area contributed by atoms with E-state index in [0.29, 0.717) is 12.6 Å². The molecular weight excluding hydrogens is 330 g/mol. The molecule has 0 radical (unpaired) electrons. The van der Waals surface area contributed by atoms with Crippen molar-refractivity contribution in [1.29, 1.82) is 0 Å². The van der Waals surface area contributed by atoms with Crippen LogP contribution in [0.5, 0.6) is 0 Å². The highest BCUT2D eigenvalue weighted by Crippen LogP contribution is 2.24. The molecule has 0 N–H and O–H groups in total. The van der Waals surface area contributed by atoms with Crippen LogP contribution in [-0.2, 0) is 4.79 Å². The number of nitrogens with zero attached hydrogens (tertiary/aromatic N) is 1. The summed E-state index contributed by atoms with van der Waals surface area (Å²) in [5.41, 5.74) is 3.46. The summed E-state index contributed by atoms with van der Waals surface area (Å²) in [4.78, 5) is 15.1. The van der Waals surface area contributed by atoms with Crippen LogP contribution in [0.1, 0.15) is 50.2 Å². The standard InChI is InChI=1S/C25H29NO/c1-21(19-23-13-7-3-8-14-23)20-26(24-15-9-4-10-16-24)25(27)18-17-22-11-5-2-6-12-22/h2-3,5-8,11-14,17-19,24H,4,9-10,15-16,20H2,1H3/b18-17+,21-19+. The minimum Gasteiger partial charge on any atom is -0.332 e. The van der Waals surface area contributed by atoms with Gasteiger partial charge in [0.1, 0.15) is 0 Å². The van der Waals surface area contributed by atoms with Gasteiger partial charge in [0, 0.05) is 18.7 Å². The maximum atomic E-state index is 13.0. The van der Waals surface area contributed by atoms with Crippen LogP contribution in [0, 0.1) is 0 Å². The molecule has 0 saturated heterocycles. The van der Waals surface area contributed by atoms with E-state index in [9.17, 15) is 4.79 Å². The van der Waals surface area contributed by atoms with Crippen molar-refractivity contribution in [1.82, 2.24) is 4.90 Å². The smallest absolute Gasteiger partial charge is 0.247 e. The molecule has 2 aromatic rings. The SMILES string of the molecule is C/C(=C\c1ccccc1)CN(C(=O)/C=C/c1ccccc1)C1CCCCC1. The van der Waals surface area contributed by atoms with Crippen LogP contribution in [-0.4, -0.2) is 23.4 Å². The number of rotatable bonds is 6. The normalized spacial score (nSPS) is 15.8. The van der Waals surface area contributed by atoms with Gasteiger partial charge in [0.05, 0.1) is 0 Å². The minimum atomic E-state index is 0.117. The molecule has 0 atom stereocenters. The van der Waals surface area contributed by atoms with Crippen LogP contribution in [0.15, 0.2) is 72.3 Å². The fraction of sp³-hybridized carbons (Fsp3) is 0.320. The molecule has 0 bridgehead atoms. The van der Waals surface area contributed by atoms with E-state index in [-0.39, 0.29) is 5.91 Å². The largest absolute Gasteiger partial charge is 0.332 e. The molecule has 1 fully saturated rings. The summed E-state index contributed by atoms with van der Waals surface area (Å²) in [5.74, 6) is 0.117. The maximum absolute atomic E-state index is 13.0. The van der Waals surface area contributed by atoms with Gasteiger partial charge < -0.3 is 4.90 Å². The Morgan fingerprint density at radius 3 is 2.15 bits per heavy atom. The third kappa shape index (κ3) is 5.96. The Hall–Kier alpha value is -2.61. The van der Waals surface area contributed by atoms with Gasteiger partial charge in [0.25, 0.3) is 0 Å². The Labute approximate surface area is 163 Å². The first-order chi connectivity index (χ1) is 13.2. The van der Waals surface area contributed by atoms with E-state index in [4.69, 9.17) is 0 Å². The lowest BCUT2D eigenvalue weighted by Gasteiger charge is -2.34. The number of hydrogen-bond donors (Lipinski definition) is 0.